The first kappa shape index (κ1) is 25.0. The number of alkyl halides is 6. The molecule has 156 valence electrons. The lowest BCUT2D eigenvalue weighted by Crippen LogP contribution is -2.72. The lowest BCUT2D eigenvalue weighted by atomic mass is 9.82. The van der Waals surface area contributed by atoms with E-state index in [1.54, 1.807) is 0 Å². The predicted molar refractivity (Wildman–Crippen MR) is 81.2 cm³/mol. The van der Waals surface area contributed by atoms with Gasteiger partial charge in [-0.05, 0) is 34.6 Å². The molecule has 0 rings (SSSR count). The van der Waals surface area contributed by atoms with Crippen molar-refractivity contribution >= 4 is 5.97 Å². The zero-order valence-corrected chi connectivity index (χ0v) is 16.1. The van der Waals surface area contributed by atoms with Crippen molar-refractivity contribution in [3.63, 3.8) is 0 Å². The van der Waals surface area contributed by atoms with Gasteiger partial charge in [-0.25, -0.2) is 0 Å². The Morgan fingerprint density at radius 2 is 1.23 bits per heavy atom. The molecule has 0 saturated carbocycles. The van der Waals surface area contributed by atoms with E-state index >= 15 is 0 Å². The number of carbonyl (C=O) groups is 1. The number of methoxy groups -OCH3 is 1. The van der Waals surface area contributed by atoms with Gasteiger partial charge in [0.1, 0.15) is 0 Å². The molecule has 26 heavy (non-hydrogen) atoms. The quantitative estimate of drug-likeness (QED) is 0.365. The minimum Gasteiger partial charge on any atom is -0.455 e. The van der Waals surface area contributed by atoms with Crippen LogP contribution >= 0.6 is 0 Å². The summed E-state index contributed by atoms with van der Waals surface area (Å²) < 4.78 is 96.5. The number of hydrogen-bond acceptors (Lipinski definition) is 4. The number of hydrogen-bond donors (Lipinski definition) is 0. The zero-order chi connectivity index (χ0) is 21.4. The number of ether oxygens (including phenoxy) is 3. The molecular formula is C16H26F6O4. The maximum Gasteiger partial charge on any atom is 0.430 e. The van der Waals surface area contributed by atoms with Crippen molar-refractivity contribution in [1.82, 2.24) is 0 Å². The number of esters is 1. The van der Waals surface area contributed by atoms with Crippen LogP contribution < -0.4 is 0 Å². The minimum absolute atomic E-state index is 0.519. The molecule has 0 saturated heterocycles. The van der Waals surface area contributed by atoms with Gasteiger partial charge < -0.3 is 14.2 Å². The maximum absolute atomic E-state index is 13.8. The Hall–Kier alpha value is -1.03. The van der Waals surface area contributed by atoms with Gasteiger partial charge in [-0.3, -0.25) is 4.79 Å². The third kappa shape index (κ3) is 4.82. The molecular weight excluding hydrogens is 370 g/mol. The first-order valence-corrected chi connectivity index (χ1v) is 7.82. The summed E-state index contributed by atoms with van der Waals surface area (Å²) >= 11 is 0. The van der Waals surface area contributed by atoms with E-state index in [0.29, 0.717) is 13.8 Å². The van der Waals surface area contributed by atoms with Crippen molar-refractivity contribution < 1.29 is 45.3 Å². The average Bonchev–Trinajstić information content (AvgIpc) is 2.33. The van der Waals surface area contributed by atoms with Crippen LogP contribution in [-0.4, -0.2) is 42.9 Å². The van der Waals surface area contributed by atoms with Crippen LogP contribution in [0.15, 0.2) is 0 Å². The van der Waals surface area contributed by atoms with E-state index in [0.717, 1.165) is 7.11 Å². The van der Waals surface area contributed by atoms with Crippen LogP contribution in [0, 0.1) is 11.3 Å². The number of carbonyl (C=O) groups excluding carboxylic acids is 1. The molecule has 0 aliphatic carbocycles. The Morgan fingerprint density at radius 1 is 0.846 bits per heavy atom. The highest BCUT2D eigenvalue weighted by Crippen LogP contribution is 2.54. The summed E-state index contributed by atoms with van der Waals surface area (Å²) in [5.74, 6) is -2.07. The Morgan fingerprint density at radius 3 is 1.46 bits per heavy atom. The molecule has 0 amide bonds. The third-order valence-corrected chi connectivity index (χ3v) is 3.68. The van der Waals surface area contributed by atoms with Gasteiger partial charge in [0.25, 0.3) is 0 Å². The van der Waals surface area contributed by atoms with Gasteiger partial charge in [-0.15, -0.1) is 0 Å². The average molecular weight is 396 g/mol. The van der Waals surface area contributed by atoms with E-state index in [9.17, 15) is 31.1 Å². The van der Waals surface area contributed by atoms with Crippen LogP contribution in [0.3, 0.4) is 0 Å². The van der Waals surface area contributed by atoms with Crippen molar-refractivity contribution in [3.8, 4) is 0 Å². The fourth-order valence-electron chi connectivity index (χ4n) is 2.21. The van der Waals surface area contributed by atoms with Crippen molar-refractivity contribution in [3.05, 3.63) is 0 Å². The molecule has 1 atom stereocenters. The molecule has 0 bridgehead atoms. The molecule has 0 aromatic heterocycles. The van der Waals surface area contributed by atoms with Crippen LogP contribution in [0.5, 0.6) is 0 Å². The Kier molecular flexibility index (Phi) is 7.24. The van der Waals surface area contributed by atoms with Gasteiger partial charge in [0, 0.05) is 13.0 Å². The van der Waals surface area contributed by atoms with Crippen LogP contribution in [0.1, 0.15) is 48.5 Å². The largest absolute Gasteiger partial charge is 0.455 e. The lowest BCUT2D eigenvalue weighted by molar-refractivity contribution is -0.445. The Bertz CT molecular complexity index is 474. The van der Waals surface area contributed by atoms with Gasteiger partial charge in [-0.2, -0.15) is 26.3 Å². The van der Waals surface area contributed by atoms with E-state index in [1.807, 2.05) is 0 Å². The summed E-state index contributed by atoms with van der Waals surface area (Å²) in [5.41, 5.74) is -9.24. The molecule has 0 aromatic carbocycles. The first-order chi connectivity index (χ1) is 11.2. The molecule has 10 heteroatoms. The van der Waals surface area contributed by atoms with E-state index in [2.05, 4.69) is 14.2 Å². The molecule has 0 spiro atoms. The van der Waals surface area contributed by atoms with Crippen molar-refractivity contribution in [2.45, 2.75) is 78.3 Å². The SMILES string of the molecule is COC(OC(C(F)(F)F)(C(F)(F)F)C(C)(C)OC(=O)C(C)(C)C)C(C)C. The fraction of sp³-hybridized carbons (Fsp3) is 0.938. The normalized spacial score (nSPS) is 16.0. The molecule has 0 aromatic rings. The second-order valence-corrected chi connectivity index (χ2v) is 7.79. The topological polar surface area (TPSA) is 44.8 Å². The highest BCUT2D eigenvalue weighted by atomic mass is 19.4. The molecule has 0 N–H and O–H groups in total. The summed E-state index contributed by atoms with van der Waals surface area (Å²) in [7, 11) is 0.927. The summed E-state index contributed by atoms with van der Waals surface area (Å²) in [4.78, 5) is 12.0. The summed E-state index contributed by atoms with van der Waals surface area (Å²) in [6.45, 7) is 7.62. The first-order valence-electron chi connectivity index (χ1n) is 7.82. The van der Waals surface area contributed by atoms with Crippen molar-refractivity contribution in [2.75, 3.05) is 7.11 Å². The summed E-state index contributed by atoms with van der Waals surface area (Å²) in [6, 6.07) is 0. The van der Waals surface area contributed by atoms with E-state index in [4.69, 9.17) is 0 Å². The molecule has 1 unspecified atom stereocenters. The maximum atomic E-state index is 13.8. The summed E-state index contributed by atoms with van der Waals surface area (Å²) in [6.07, 6.45) is -13.7. The molecule has 0 aliphatic rings. The molecule has 0 fully saturated rings. The molecule has 0 heterocycles. The van der Waals surface area contributed by atoms with Crippen molar-refractivity contribution in [2.24, 2.45) is 11.3 Å². The van der Waals surface area contributed by atoms with Gasteiger partial charge in [0.2, 0.25) is 0 Å². The molecule has 0 radical (unpaired) electrons. The number of rotatable bonds is 6. The Balaban J connectivity index is 6.50. The van der Waals surface area contributed by atoms with Crippen molar-refractivity contribution in [1.29, 1.82) is 0 Å². The predicted octanol–water partition coefficient (Wildman–Crippen LogP) is 4.86. The third-order valence-electron chi connectivity index (χ3n) is 3.68. The van der Waals surface area contributed by atoms with E-state index < -0.39 is 47.1 Å². The monoisotopic (exact) mass is 396 g/mol. The van der Waals surface area contributed by atoms with Crippen LogP contribution in [0.2, 0.25) is 0 Å². The second-order valence-electron chi connectivity index (χ2n) is 7.79. The van der Waals surface area contributed by atoms with E-state index in [1.165, 1.54) is 34.6 Å². The van der Waals surface area contributed by atoms with Gasteiger partial charge >= 0.3 is 23.9 Å². The summed E-state index contributed by atoms with van der Waals surface area (Å²) in [5, 5.41) is 0. The van der Waals surface area contributed by atoms with Gasteiger partial charge in [-0.1, -0.05) is 13.8 Å². The lowest BCUT2D eigenvalue weighted by Gasteiger charge is -2.48. The van der Waals surface area contributed by atoms with Crippen LogP contribution in [0.25, 0.3) is 0 Å². The number of halogens is 6. The highest BCUT2D eigenvalue weighted by molar-refractivity contribution is 5.76. The van der Waals surface area contributed by atoms with E-state index in [-0.39, 0.29) is 0 Å². The smallest absolute Gasteiger partial charge is 0.430 e. The Labute approximate surface area is 149 Å². The fourth-order valence-corrected chi connectivity index (χ4v) is 2.21. The second kappa shape index (κ2) is 7.53. The van der Waals surface area contributed by atoms with Crippen LogP contribution in [-0.2, 0) is 19.0 Å². The van der Waals surface area contributed by atoms with Gasteiger partial charge in [0.05, 0.1) is 5.41 Å². The molecule has 0 aliphatic heterocycles. The standard InChI is InChI=1S/C16H26F6O4/c1-9(2)10(24-8)25-14(15(17,18)19,16(20,21)22)13(6,7)26-11(23)12(3,4)5/h9-10H,1-8H3. The zero-order valence-electron chi connectivity index (χ0n) is 16.1. The molecule has 4 nitrogen and oxygen atoms in total. The minimum atomic E-state index is -5.95. The van der Waals surface area contributed by atoms with Gasteiger partial charge in [0.15, 0.2) is 11.9 Å². The highest BCUT2D eigenvalue weighted by Gasteiger charge is 2.81. The van der Waals surface area contributed by atoms with Crippen LogP contribution in [0.4, 0.5) is 26.3 Å².